The number of anilines is 1. The molecule has 1 N–H and O–H groups in total. The molecule has 1 unspecified atom stereocenters. The van der Waals surface area contributed by atoms with Gasteiger partial charge in [-0.05, 0) is 112 Å². The molecule has 1 amide bonds. The fraction of sp³-hybridized carbons (Fsp3) is 0.412. The third-order valence-corrected chi connectivity index (χ3v) is 8.20. The van der Waals surface area contributed by atoms with E-state index in [1.165, 1.54) is 18.1 Å². The maximum Gasteiger partial charge on any atom is 0.416 e. The zero-order valence-corrected chi connectivity index (χ0v) is 25.9. The molecule has 240 valence electrons. The average Bonchev–Trinajstić information content (AvgIpc) is 3.39. The number of hydrogen-bond acceptors (Lipinski definition) is 5. The molecule has 0 aromatic heterocycles. The number of methoxy groups -OCH3 is 1. The Hall–Kier alpha value is -4.12. The summed E-state index contributed by atoms with van der Waals surface area (Å²) in [5, 5.41) is 10.4. The van der Waals surface area contributed by atoms with E-state index in [-0.39, 0.29) is 30.0 Å². The number of amides is 1. The number of aliphatic carboxylic acids is 1. The van der Waals surface area contributed by atoms with E-state index >= 15 is 4.39 Å². The fourth-order valence-electron chi connectivity index (χ4n) is 6.25. The summed E-state index contributed by atoms with van der Waals surface area (Å²) in [5.74, 6) is -2.43. The first-order valence-electron chi connectivity index (χ1n) is 14.6. The van der Waals surface area contributed by atoms with Crippen LogP contribution in [0.5, 0.6) is 11.5 Å². The molecule has 0 saturated carbocycles. The van der Waals surface area contributed by atoms with Crippen LogP contribution in [0.4, 0.5) is 23.2 Å². The van der Waals surface area contributed by atoms with Gasteiger partial charge >= 0.3 is 12.1 Å². The molecular formula is C34H35F4NO6. The van der Waals surface area contributed by atoms with Crippen LogP contribution >= 0.6 is 0 Å². The number of carboxylic acid groups (broad SMARTS) is 1. The Kier molecular flexibility index (Phi) is 8.37. The molecule has 0 aliphatic carbocycles. The Labute approximate surface area is 258 Å². The third kappa shape index (κ3) is 5.97. The second-order valence-electron chi connectivity index (χ2n) is 12.3. The number of aryl methyl sites for hydroxylation is 1. The van der Waals surface area contributed by atoms with E-state index in [1.807, 2.05) is 6.92 Å². The molecule has 0 bridgehead atoms. The fourth-order valence-corrected chi connectivity index (χ4v) is 6.25. The largest absolute Gasteiger partial charge is 0.496 e. The second kappa shape index (κ2) is 11.7. The summed E-state index contributed by atoms with van der Waals surface area (Å²) < 4.78 is 72.6. The maximum absolute atomic E-state index is 15.6. The van der Waals surface area contributed by atoms with Gasteiger partial charge in [0.05, 0.1) is 30.4 Å². The Bertz CT molecular complexity index is 1690. The van der Waals surface area contributed by atoms with Gasteiger partial charge in [-0.2, -0.15) is 13.2 Å². The predicted molar refractivity (Wildman–Crippen MR) is 160 cm³/mol. The summed E-state index contributed by atoms with van der Waals surface area (Å²) in [4.78, 5) is 28.1. The molecule has 45 heavy (non-hydrogen) atoms. The van der Waals surface area contributed by atoms with Crippen LogP contribution in [0, 0.1) is 19.7 Å². The highest BCUT2D eigenvalue weighted by Gasteiger charge is 2.38. The van der Waals surface area contributed by atoms with E-state index < -0.39 is 41.1 Å². The molecule has 5 rings (SSSR count). The van der Waals surface area contributed by atoms with Crippen molar-refractivity contribution in [1.29, 1.82) is 0 Å². The molecule has 2 aliphatic heterocycles. The first-order chi connectivity index (χ1) is 21.0. The number of nitrogens with zero attached hydrogens (tertiary/aromatic N) is 1. The summed E-state index contributed by atoms with van der Waals surface area (Å²) in [7, 11) is 1.19. The Morgan fingerprint density at radius 3 is 2.38 bits per heavy atom. The molecule has 7 nitrogen and oxygen atoms in total. The van der Waals surface area contributed by atoms with E-state index in [1.54, 1.807) is 33.8 Å². The van der Waals surface area contributed by atoms with Crippen molar-refractivity contribution in [3.63, 3.8) is 0 Å². The number of benzene rings is 3. The number of carboxylic acids is 1. The number of fused-ring (bicyclic) bond motifs is 2. The Morgan fingerprint density at radius 2 is 1.76 bits per heavy atom. The van der Waals surface area contributed by atoms with Gasteiger partial charge in [0, 0.05) is 23.4 Å². The van der Waals surface area contributed by atoms with Gasteiger partial charge in [-0.15, -0.1) is 0 Å². The van der Waals surface area contributed by atoms with Crippen molar-refractivity contribution in [2.45, 2.75) is 71.8 Å². The van der Waals surface area contributed by atoms with E-state index in [0.717, 1.165) is 23.8 Å². The van der Waals surface area contributed by atoms with Crippen molar-refractivity contribution in [3.8, 4) is 22.6 Å². The zero-order valence-electron chi connectivity index (χ0n) is 25.9. The number of ether oxygens (including phenoxy) is 3. The van der Waals surface area contributed by atoms with Crippen molar-refractivity contribution < 1.29 is 46.5 Å². The predicted octanol–water partition coefficient (Wildman–Crippen LogP) is 7.61. The van der Waals surface area contributed by atoms with Crippen LogP contribution in [-0.4, -0.2) is 42.8 Å². The normalized spacial score (nSPS) is 15.3. The van der Waals surface area contributed by atoms with Gasteiger partial charge in [0.15, 0.2) is 17.7 Å². The molecule has 0 fully saturated rings. The molecular weight excluding hydrogens is 594 g/mol. The summed E-state index contributed by atoms with van der Waals surface area (Å²) in [5.41, 5.74) is 2.39. The minimum atomic E-state index is -4.62. The maximum atomic E-state index is 15.6. The standard InChI is InChI=1S/C34H35F4NO6/c1-17-14-25-21(11-12-39(25)31(40)22-10-9-19(34(36,37)38)15-26(22)43-6)28(27(17)30(32(41)42)45-33(3,4)5)23-16-24(35)29-20(18(23)2)8-7-13-44-29/h9-10,14-16,30H,7-8,11-13H2,1-6H3,(H,41,42). The van der Waals surface area contributed by atoms with Crippen LogP contribution in [0.1, 0.15) is 77.0 Å². The molecule has 11 heteroatoms. The first kappa shape index (κ1) is 32.3. The third-order valence-electron chi connectivity index (χ3n) is 8.20. The molecule has 0 spiro atoms. The second-order valence-corrected chi connectivity index (χ2v) is 12.3. The van der Waals surface area contributed by atoms with Crippen LogP contribution < -0.4 is 14.4 Å². The summed E-state index contributed by atoms with van der Waals surface area (Å²) in [6.07, 6.45) is -4.49. The summed E-state index contributed by atoms with van der Waals surface area (Å²) in [6.45, 7) is 9.31. The van der Waals surface area contributed by atoms with E-state index in [2.05, 4.69) is 0 Å². The van der Waals surface area contributed by atoms with Crippen molar-refractivity contribution in [2.24, 2.45) is 0 Å². The number of hydrogen-bond donors (Lipinski definition) is 1. The highest BCUT2D eigenvalue weighted by molar-refractivity contribution is 6.10. The molecule has 0 radical (unpaired) electrons. The van der Waals surface area contributed by atoms with E-state index in [0.29, 0.717) is 58.5 Å². The first-order valence-corrected chi connectivity index (χ1v) is 14.6. The van der Waals surface area contributed by atoms with Crippen molar-refractivity contribution in [3.05, 3.63) is 75.1 Å². The summed E-state index contributed by atoms with van der Waals surface area (Å²) in [6, 6.07) is 5.73. The topological polar surface area (TPSA) is 85.3 Å². The minimum Gasteiger partial charge on any atom is -0.496 e. The van der Waals surface area contributed by atoms with E-state index in [4.69, 9.17) is 14.2 Å². The van der Waals surface area contributed by atoms with E-state index in [9.17, 15) is 27.9 Å². The van der Waals surface area contributed by atoms with Gasteiger partial charge in [-0.3, -0.25) is 4.79 Å². The van der Waals surface area contributed by atoms with Crippen LogP contribution in [0.3, 0.4) is 0 Å². The Morgan fingerprint density at radius 1 is 1.04 bits per heavy atom. The highest BCUT2D eigenvalue weighted by atomic mass is 19.4. The smallest absolute Gasteiger partial charge is 0.416 e. The molecule has 2 heterocycles. The molecule has 0 saturated heterocycles. The van der Waals surface area contributed by atoms with Crippen molar-refractivity contribution in [1.82, 2.24) is 0 Å². The van der Waals surface area contributed by atoms with Crippen LogP contribution in [0.25, 0.3) is 11.1 Å². The van der Waals surface area contributed by atoms with Gasteiger partial charge in [0.2, 0.25) is 0 Å². The number of carbonyl (C=O) groups excluding carboxylic acids is 1. The number of alkyl halides is 3. The highest BCUT2D eigenvalue weighted by Crippen LogP contribution is 2.48. The lowest BCUT2D eigenvalue weighted by molar-refractivity contribution is -0.160. The van der Waals surface area contributed by atoms with Gasteiger partial charge in [-0.1, -0.05) is 0 Å². The number of carbonyl (C=O) groups is 2. The lowest BCUT2D eigenvalue weighted by atomic mass is 9.83. The minimum absolute atomic E-state index is 0.0609. The van der Waals surface area contributed by atoms with Gasteiger partial charge in [-0.25, -0.2) is 9.18 Å². The quantitative estimate of drug-likeness (QED) is 0.283. The van der Waals surface area contributed by atoms with Gasteiger partial charge in [0.25, 0.3) is 5.91 Å². The average molecular weight is 630 g/mol. The van der Waals surface area contributed by atoms with Crippen LogP contribution in [0.15, 0.2) is 30.3 Å². The number of halogens is 4. The molecule has 3 aromatic carbocycles. The van der Waals surface area contributed by atoms with Gasteiger partial charge < -0.3 is 24.2 Å². The zero-order chi connectivity index (χ0) is 33.0. The van der Waals surface area contributed by atoms with Crippen molar-refractivity contribution >= 4 is 17.6 Å². The lowest BCUT2D eigenvalue weighted by Gasteiger charge is -2.30. The lowest BCUT2D eigenvalue weighted by Crippen LogP contribution is -2.30. The molecule has 3 aromatic rings. The van der Waals surface area contributed by atoms with Crippen molar-refractivity contribution in [2.75, 3.05) is 25.2 Å². The molecule has 1 atom stereocenters. The van der Waals surface area contributed by atoms with Crippen LogP contribution in [-0.2, 0) is 28.5 Å². The SMILES string of the molecule is COc1cc(C(F)(F)F)ccc1C(=O)N1CCc2c1cc(C)c(C(OC(C)(C)C)C(=O)O)c2-c1cc(F)c2c(c1C)CCCO2. The molecule has 2 aliphatic rings. The number of rotatable bonds is 6. The monoisotopic (exact) mass is 629 g/mol. The Balaban J connectivity index is 1.74. The van der Waals surface area contributed by atoms with Gasteiger partial charge in [0.1, 0.15) is 5.75 Å². The summed E-state index contributed by atoms with van der Waals surface area (Å²) >= 11 is 0. The van der Waals surface area contributed by atoms with Crippen LogP contribution in [0.2, 0.25) is 0 Å².